The Morgan fingerprint density at radius 2 is 2.17 bits per heavy atom. The number of allylic oxidation sites excluding steroid dienone is 1. The molecule has 0 heterocycles. The number of hydrogen-bond acceptors (Lipinski definition) is 4. The van der Waals surface area contributed by atoms with Crippen LogP contribution in [0.4, 0.5) is 0 Å². The molecule has 1 aromatic rings. The minimum Gasteiger partial charge on any atom is -0.392 e. The van der Waals surface area contributed by atoms with Gasteiger partial charge in [0.2, 0.25) is 5.91 Å². The molecule has 2 N–H and O–H groups in total. The number of benzene rings is 1. The number of carbonyl (C=O) groups excluding carboxylic acids is 1. The van der Waals surface area contributed by atoms with E-state index >= 15 is 0 Å². The van der Waals surface area contributed by atoms with Gasteiger partial charge in [-0.3, -0.25) is 4.79 Å². The van der Waals surface area contributed by atoms with E-state index in [4.69, 9.17) is 4.74 Å². The third-order valence-electron chi connectivity index (χ3n) is 6.28. The van der Waals surface area contributed by atoms with E-state index in [0.29, 0.717) is 37.9 Å². The first-order chi connectivity index (χ1) is 14.3. The fourth-order valence-corrected chi connectivity index (χ4v) is 4.70. The SMILES string of the molecule is Cc1cccc(C[C@@H](O)C=C[C@@H]2[C@H]3CC(COCCC(=O)N(C)C)=C[C@H]3C[C@H]2O)c1. The molecule has 5 nitrogen and oxygen atoms in total. The van der Waals surface area contributed by atoms with Crippen molar-refractivity contribution in [1.82, 2.24) is 4.90 Å². The van der Waals surface area contributed by atoms with Crippen molar-refractivity contribution in [2.24, 2.45) is 17.8 Å². The van der Waals surface area contributed by atoms with Gasteiger partial charge in [-0.2, -0.15) is 0 Å². The third-order valence-corrected chi connectivity index (χ3v) is 6.28. The molecule has 0 saturated heterocycles. The van der Waals surface area contributed by atoms with Gasteiger partial charge in [0, 0.05) is 26.4 Å². The number of rotatable bonds is 9. The summed E-state index contributed by atoms with van der Waals surface area (Å²) < 4.78 is 5.70. The number of aliphatic hydroxyl groups excluding tert-OH is 2. The lowest BCUT2D eigenvalue weighted by Gasteiger charge is -2.19. The highest BCUT2D eigenvalue weighted by atomic mass is 16.5. The van der Waals surface area contributed by atoms with Crippen molar-refractivity contribution < 1.29 is 19.7 Å². The van der Waals surface area contributed by atoms with Crippen LogP contribution in [0.1, 0.15) is 30.4 Å². The van der Waals surface area contributed by atoms with Gasteiger partial charge in [-0.15, -0.1) is 0 Å². The summed E-state index contributed by atoms with van der Waals surface area (Å²) in [7, 11) is 3.50. The summed E-state index contributed by atoms with van der Waals surface area (Å²) in [5.74, 6) is 0.867. The largest absolute Gasteiger partial charge is 0.392 e. The maximum absolute atomic E-state index is 11.6. The number of ether oxygens (including phenoxy) is 1. The predicted molar refractivity (Wildman–Crippen MR) is 118 cm³/mol. The molecule has 5 atom stereocenters. The molecular formula is C25H35NO4. The molecule has 1 saturated carbocycles. The normalized spacial score (nSPS) is 26.6. The molecule has 3 rings (SSSR count). The molecule has 5 heteroatoms. The highest BCUT2D eigenvalue weighted by molar-refractivity contribution is 5.75. The van der Waals surface area contributed by atoms with Crippen LogP contribution in [0.5, 0.6) is 0 Å². The summed E-state index contributed by atoms with van der Waals surface area (Å²) in [5, 5.41) is 20.9. The van der Waals surface area contributed by atoms with Gasteiger partial charge in [-0.05, 0) is 42.7 Å². The number of aryl methyl sites for hydroxylation is 1. The number of nitrogens with zero attached hydrogens (tertiary/aromatic N) is 1. The standard InChI is InChI=1S/C25H35NO4/c1-17-5-4-6-18(11-17)13-21(27)7-8-22-23-14-19(12-20(23)15-24(22)28)16-30-10-9-25(29)26(2)3/h4-8,11-12,20-24,27-28H,9-10,13-16H2,1-3H3/t20-,21-,22+,23-,24+/m0/s1. The zero-order chi connectivity index (χ0) is 21.7. The van der Waals surface area contributed by atoms with Crippen molar-refractivity contribution in [2.45, 2.75) is 44.8 Å². The second-order valence-electron chi connectivity index (χ2n) is 8.97. The smallest absolute Gasteiger partial charge is 0.224 e. The van der Waals surface area contributed by atoms with Crippen LogP contribution in [0.25, 0.3) is 0 Å². The molecule has 30 heavy (non-hydrogen) atoms. The summed E-state index contributed by atoms with van der Waals surface area (Å²) in [6, 6.07) is 8.19. The summed E-state index contributed by atoms with van der Waals surface area (Å²) in [6.07, 6.45) is 7.85. The number of fused-ring (bicyclic) bond motifs is 1. The van der Waals surface area contributed by atoms with Crippen molar-refractivity contribution in [3.05, 3.63) is 59.2 Å². The van der Waals surface area contributed by atoms with E-state index in [-0.39, 0.29) is 17.9 Å². The average molecular weight is 414 g/mol. The lowest BCUT2D eigenvalue weighted by atomic mass is 9.89. The van der Waals surface area contributed by atoms with E-state index < -0.39 is 6.10 Å². The molecule has 0 bridgehead atoms. The molecule has 0 radical (unpaired) electrons. The minimum atomic E-state index is -0.551. The van der Waals surface area contributed by atoms with Crippen LogP contribution in [0, 0.1) is 24.7 Å². The monoisotopic (exact) mass is 413 g/mol. The Morgan fingerprint density at radius 3 is 2.90 bits per heavy atom. The van der Waals surface area contributed by atoms with E-state index in [0.717, 1.165) is 18.4 Å². The molecule has 0 aliphatic heterocycles. The maximum Gasteiger partial charge on any atom is 0.224 e. The highest BCUT2D eigenvalue weighted by Crippen LogP contribution is 2.47. The molecule has 0 aromatic heterocycles. The molecule has 164 valence electrons. The Bertz CT molecular complexity index is 785. The first-order valence-electron chi connectivity index (χ1n) is 10.9. The quantitative estimate of drug-likeness (QED) is 0.482. The van der Waals surface area contributed by atoms with Crippen molar-refractivity contribution in [3.63, 3.8) is 0 Å². The van der Waals surface area contributed by atoms with Crippen molar-refractivity contribution in [3.8, 4) is 0 Å². The second-order valence-corrected chi connectivity index (χ2v) is 8.97. The van der Waals surface area contributed by atoms with Gasteiger partial charge in [0.05, 0.1) is 31.8 Å². The Balaban J connectivity index is 1.47. The molecular weight excluding hydrogens is 378 g/mol. The highest BCUT2D eigenvalue weighted by Gasteiger charge is 2.43. The van der Waals surface area contributed by atoms with E-state index in [2.05, 4.69) is 25.1 Å². The van der Waals surface area contributed by atoms with Crippen LogP contribution in [0.3, 0.4) is 0 Å². The van der Waals surface area contributed by atoms with E-state index in [1.807, 2.05) is 24.3 Å². The van der Waals surface area contributed by atoms with Gasteiger partial charge in [-0.25, -0.2) is 0 Å². The summed E-state index contributed by atoms with van der Waals surface area (Å²) in [6.45, 7) is 3.03. The Labute approximate surface area is 180 Å². The molecule has 0 spiro atoms. The maximum atomic E-state index is 11.6. The predicted octanol–water partition coefficient (Wildman–Crippen LogP) is 2.89. The van der Waals surface area contributed by atoms with Crippen LogP contribution in [0.2, 0.25) is 0 Å². The van der Waals surface area contributed by atoms with Gasteiger partial charge in [0.25, 0.3) is 0 Å². The second kappa shape index (κ2) is 10.4. The topological polar surface area (TPSA) is 70.0 Å². The van der Waals surface area contributed by atoms with Gasteiger partial charge < -0.3 is 19.8 Å². The summed E-state index contributed by atoms with van der Waals surface area (Å²) in [4.78, 5) is 13.2. The van der Waals surface area contributed by atoms with Crippen LogP contribution in [-0.4, -0.2) is 60.5 Å². The Hall–Kier alpha value is -1.95. The molecule has 1 aromatic carbocycles. The van der Waals surface area contributed by atoms with Gasteiger partial charge in [-0.1, -0.05) is 48.1 Å². The molecule has 1 fully saturated rings. The summed E-state index contributed by atoms with van der Waals surface area (Å²) >= 11 is 0. The zero-order valence-corrected chi connectivity index (χ0v) is 18.3. The summed E-state index contributed by atoms with van der Waals surface area (Å²) in [5.41, 5.74) is 3.57. The molecule has 2 aliphatic rings. The lowest BCUT2D eigenvalue weighted by molar-refractivity contribution is -0.129. The third kappa shape index (κ3) is 6.03. The lowest BCUT2D eigenvalue weighted by Crippen LogP contribution is -2.23. The van der Waals surface area contributed by atoms with E-state index in [1.54, 1.807) is 19.0 Å². The van der Waals surface area contributed by atoms with Gasteiger partial charge in [0.15, 0.2) is 0 Å². The van der Waals surface area contributed by atoms with Crippen molar-refractivity contribution in [2.75, 3.05) is 27.3 Å². The van der Waals surface area contributed by atoms with Crippen LogP contribution in [0.15, 0.2) is 48.1 Å². The molecule has 1 amide bonds. The number of amides is 1. The first kappa shape index (κ1) is 22.7. The van der Waals surface area contributed by atoms with Crippen LogP contribution >= 0.6 is 0 Å². The number of aliphatic hydroxyl groups is 2. The van der Waals surface area contributed by atoms with Gasteiger partial charge >= 0.3 is 0 Å². The average Bonchev–Trinajstić information content (AvgIpc) is 3.19. The Morgan fingerprint density at radius 1 is 1.37 bits per heavy atom. The molecule has 0 unspecified atom stereocenters. The fourth-order valence-electron chi connectivity index (χ4n) is 4.70. The number of carbonyl (C=O) groups is 1. The minimum absolute atomic E-state index is 0.0613. The first-order valence-corrected chi connectivity index (χ1v) is 10.9. The van der Waals surface area contributed by atoms with E-state index in [9.17, 15) is 15.0 Å². The zero-order valence-electron chi connectivity index (χ0n) is 18.3. The van der Waals surface area contributed by atoms with Crippen molar-refractivity contribution >= 4 is 5.91 Å². The van der Waals surface area contributed by atoms with Crippen LogP contribution < -0.4 is 0 Å². The molecule has 2 aliphatic carbocycles. The van der Waals surface area contributed by atoms with Gasteiger partial charge in [0.1, 0.15) is 0 Å². The Kier molecular flexibility index (Phi) is 7.87. The number of hydrogen-bond donors (Lipinski definition) is 2. The van der Waals surface area contributed by atoms with E-state index in [1.165, 1.54) is 11.1 Å². The van der Waals surface area contributed by atoms with Crippen molar-refractivity contribution in [1.29, 1.82) is 0 Å². The fraction of sp³-hybridized carbons (Fsp3) is 0.560. The van der Waals surface area contributed by atoms with Crippen LogP contribution in [-0.2, 0) is 16.0 Å².